The number of allylic oxidation sites excluding steroid dienone is 5. The van der Waals surface area contributed by atoms with Crippen LogP contribution in [-0.2, 0) is 4.74 Å². The smallest absolute Gasteiger partial charge is 0.406 e. The van der Waals surface area contributed by atoms with E-state index in [4.69, 9.17) is 17.3 Å². The highest BCUT2D eigenvalue weighted by Gasteiger charge is 2.31. The fraction of sp³-hybridized carbons (Fsp3) is 0.263. The molecule has 2 N–H and O–H groups in total. The minimum Gasteiger partial charge on any atom is -0.406 e. The van der Waals surface area contributed by atoms with Gasteiger partial charge in [-0.05, 0) is 62.3 Å². The third-order valence-corrected chi connectivity index (χ3v) is 4.22. The van der Waals surface area contributed by atoms with Crippen molar-refractivity contribution in [2.75, 3.05) is 5.73 Å². The zero-order valence-electron chi connectivity index (χ0n) is 15.6. The maximum atomic E-state index is 12.5. The maximum Gasteiger partial charge on any atom is 0.573 e. The highest BCUT2D eigenvalue weighted by atomic mass is 35.5. The van der Waals surface area contributed by atoms with Gasteiger partial charge in [-0.2, -0.15) is 0 Å². The lowest BCUT2D eigenvalue weighted by atomic mass is 10.1. The summed E-state index contributed by atoms with van der Waals surface area (Å²) in [5.74, 6) is 0.0917. The van der Waals surface area contributed by atoms with E-state index >= 15 is 0 Å². The molecule has 1 heterocycles. The Morgan fingerprint density at radius 3 is 2.61 bits per heavy atom. The molecule has 0 saturated heterocycles. The van der Waals surface area contributed by atoms with Gasteiger partial charge in [-0.1, -0.05) is 18.5 Å². The molecule has 0 aliphatic heterocycles. The molecule has 0 amide bonds. The van der Waals surface area contributed by atoms with Crippen molar-refractivity contribution >= 4 is 23.0 Å². The van der Waals surface area contributed by atoms with Crippen LogP contribution in [0.25, 0.3) is 17.1 Å². The number of rotatable bonds is 6. The molecule has 0 bridgehead atoms. The number of alkyl halides is 3. The number of nitrogens with two attached hydrogens (primary N) is 1. The van der Waals surface area contributed by atoms with Gasteiger partial charge >= 0.3 is 6.36 Å². The molecule has 0 aliphatic carbocycles. The van der Waals surface area contributed by atoms with E-state index in [1.54, 1.807) is 18.2 Å². The number of hydrogen-bond donors (Lipinski definition) is 1. The molecular weight excluding hydrogens is 393 g/mol. The van der Waals surface area contributed by atoms with Gasteiger partial charge in [0.05, 0.1) is 16.4 Å². The zero-order chi connectivity index (χ0) is 20.9. The number of anilines is 1. The quantitative estimate of drug-likeness (QED) is 0.369. The van der Waals surface area contributed by atoms with E-state index in [-0.39, 0.29) is 5.76 Å². The van der Waals surface area contributed by atoms with Gasteiger partial charge in [-0.15, -0.1) is 18.3 Å². The molecule has 28 heavy (non-hydrogen) atoms. The van der Waals surface area contributed by atoms with Crippen LogP contribution in [0.4, 0.5) is 18.9 Å². The van der Waals surface area contributed by atoms with Crippen molar-refractivity contribution in [3.63, 3.8) is 0 Å². The predicted molar refractivity (Wildman–Crippen MR) is 104 cm³/mol. The molecule has 1 aromatic heterocycles. The number of hydrogen-bond acceptors (Lipinski definition) is 4. The number of ether oxygens (including phenoxy) is 1. The Morgan fingerprint density at radius 1 is 1.32 bits per heavy atom. The van der Waals surface area contributed by atoms with E-state index in [1.807, 2.05) is 13.8 Å². The number of nitrogen functional groups attached to an aromatic ring is 1. The first-order valence-corrected chi connectivity index (χ1v) is 8.79. The summed E-state index contributed by atoms with van der Waals surface area (Å²) in [6, 6.07) is 5.04. The van der Waals surface area contributed by atoms with Gasteiger partial charge in [0.2, 0.25) is 0 Å². The first-order chi connectivity index (χ1) is 13.1. The van der Waals surface area contributed by atoms with Crippen LogP contribution in [0.15, 0.2) is 54.1 Å². The third-order valence-electron chi connectivity index (χ3n) is 3.89. The van der Waals surface area contributed by atoms with Gasteiger partial charge in [0.15, 0.2) is 5.82 Å². The summed E-state index contributed by atoms with van der Waals surface area (Å²) in [5, 5.41) is 4.80. The molecule has 2 rings (SSSR count). The summed E-state index contributed by atoms with van der Waals surface area (Å²) in [5.41, 5.74) is 8.32. The second-order valence-corrected chi connectivity index (χ2v) is 6.25. The minimum absolute atomic E-state index is 0.320. The minimum atomic E-state index is -4.76. The summed E-state index contributed by atoms with van der Waals surface area (Å²) < 4.78 is 42.8. The van der Waals surface area contributed by atoms with Crippen molar-refractivity contribution in [3.05, 3.63) is 59.1 Å². The Bertz CT molecular complexity index is 930. The van der Waals surface area contributed by atoms with Gasteiger partial charge in [-0.3, -0.25) is 0 Å². The first kappa shape index (κ1) is 21.6. The largest absolute Gasteiger partial charge is 0.573 e. The average molecular weight is 413 g/mol. The molecule has 2 aromatic rings. The Kier molecular flexibility index (Phi) is 6.90. The standard InChI is InChI=1S/C19H20ClF3N4O/c1-4-12(3)17(9-7-14(5-2)28-19(21,22)23)27-11-25-18(26-27)13-6-8-16(24)15(20)10-13/h5-11H,4,24H2,1-3H3/b9-7-,14-5+,17-12?. The first-order valence-electron chi connectivity index (χ1n) is 8.42. The molecule has 150 valence electrons. The van der Waals surface area contributed by atoms with Crippen molar-refractivity contribution in [1.29, 1.82) is 0 Å². The summed E-state index contributed by atoms with van der Waals surface area (Å²) in [6.07, 6.45) is 1.38. The summed E-state index contributed by atoms with van der Waals surface area (Å²) in [7, 11) is 0. The molecule has 5 nitrogen and oxygen atoms in total. The monoisotopic (exact) mass is 412 g/mol. The third kappa shape index (κ3) is 5.63. The second-order valence-electron chi connectivity index (χ2n) is 5.84. The van der Waals surface area contributed by atoms with Gasteiger partial charge in [0.1, 0.15) is 12.1 Å². The molecule has 0 atom stereocenters. The second kappa shape index (κ2) is 8.97. The Hall–Kier alpha value is -2.74. The van der Waals surface area contributed by atoms with Crippen molar-refractivity contribution < 1.29 is 17.9 Å². The van der Waals surface area contributed by atoms with Crippen molar-refractivity contribution in [2.24, 2.45) is 0 Å². The molecule has 0 unspecified atom stereocenters. The summed E-state index contributed by atoms with van der Waals surface area (Å²) in [6.45, 7) is 5.25. The normalized spacial score (nSPS) is 13.8. The van der Waals surface area contributed by atoms with E-state index in [0.29, 0.717) is 34.2 Å². The maximum absolute atomic E-state index is 12.5. The van der Waals surface area contributed by atoms with Gasteiger partial charge in [0.25, 0.3) is 0 Å². The fourth-order valence-electron chi connectivity index (χ4n) is 2.26. The van der Waals surface area contributed by atoms with Crippen LogP contribution in [0.5, 0.6) is 0 Å². The van der Waals surface area contributed by atoms with Gasteiger partial charge < -0.3 is 10.5 Å². The van der Waals surface area contributed by atoms with Gasteiger partial charge in [-0.25, -0.2) is 9.67 Å². The number of nitrogens with zero attached hydrogens (tertiary/aromatic N) is 3. The lowest BCUT2D eigenvalue weighted by Crippen LogP contribution is -2.12. The van der Waals surface area contributed by atoms with E-state index in [2.05, 4.69) is 14.8 Å². The predicted octanol–water partition coefficient (Wildman–Crippen LogP) is 5.82. The molecule has 1 aromatic carbocycles. The lowest BCUT2D eigenvalue weighted by molar-refractivity contribution is -0.303. The highest BCUT2D eigenvalue weighted by Crippen LogP contribution is 2.26. The SMILES string of the molecule is C/C=C(\C=C/C(=C(C)CC)n1cnc(-c2ccc(N)c(Cl)c2)n1)OC(F)(F)F. The van der Waals surface area contributed by atoms with Crippen LogP contribution in [0.3, 0.4) is 0 Å². The number of benzene rings is 1. The van der Waals surface area contributed by atoms with E-state index < -0.39 is 6.36 Å². The van der Waals surface area contributed by atoms with Crippen molar-refractivity contribution in [2.45, 2.75) is 33.6 Å². The molecule has 0 fully saturated rings. The van der Waals surface area contributed by atoms with Crippen molar-refractivity contribution in [1.82, 2.24) is 14.8 Å². The van der Waals surface area contributed by atoms with Crippen LogP contribution < -0.4 is 5.73 Å². The fourth-order valence-corrected chi connectivity index (χ4v) is 2.44. The molecular formula is C19H20ClF3N4O. The van der Waals surface area contributed by atoms with Crippen LogP contribution in [0, 0.1) is 0 Å². The van der Waals surface area contributed by atoms with E-state index in [9.17, 15) is 13.2 Å². The summed E-state index contributed by atoms with van der Waals surface area (Å²) in [4.78, 5) is 4.26. The van der Waals surface area contributed by atoms with Crippen LogP contribution in [0.1, 0.15) is 27.2 Å². The number of halogens is 4. The van der Waals surface area contributed by atoms with Crippen LogP contribution >= 0.6 is 11.6 Å². The molecule has 0 saturated carbocycles. The van der Waals surface area contributed by atoms with Gasteiger partial charge in [0, 0.05) is 5.56 Å². The molecule has 9 heteroatoms. The van der Waals surface area contributed by atoms with Crippen molar-refractivity contribution in [3.8, 4) is 11.4 Å². The molecule has 0 spiro atoms. The summed E-state index contributed by atoms with van der Waals surface area (Å²) >= 11 is 6.04. The average Bonchev–Trinajstić information content (AvgIpc) is 3.11. The highest BCUT2D eigenvalue weighted by molar-refractivity contribution is 6.33. The topological polar surface area (TPSA) is 66.0 Å². The molecule has 0 radical (unpaired) electrons. The Morgan fingerprint density at radius 2 is 2.04 bits per heavy atom. The zero-order valence-corrected chi connectivity index (χ0v) is 16.3. The Balaban J connectivity index is 2.36. The lowest BCUT2D eigenvalue weighted by Gasteiger charge is -2.10. The Labute approximate surface area is 166 Å². The van der Waals surface area contributed by atoms with E-state index in [0.717, 1.165) is 5.57 Å². The van der Waals surface area contributed by atoms with E-state index in [1.165, 1.54) is 36.2 Å². The molecule has 0 aliphatic rings. The van der Waals surface area contributed by atoms with Crippen LogP contribution in [-0.4, -0.2) is 21.1 Å². The van der Waals surface area contributed by atoms with Crippen LogP contribution in [0.2, 0.25) is 5.02 Å². The number of aromatic nitrogens is 3.